The zero-order chi connectivity index (χ0) is 13.5. The second-order valence-corrected chi connectivity index (χ2v) is 5.20. The highest BCUT2D eigenvalue weighted by atomic mass is 16.5. The molecule has 1 atom stereocenters. The summed E-state index contributed by atoms with van der Waals surface area (Å²) in [6.45, 7) is 9.01. The van der Waals surface area contributed by atoms with E-state index in [0.717, 1.165) is 25.4 Å². The molecule has 0 saturated carbocycles. The van der Waals surface area contributed by atoms with Crippen LogP contribution in [0.15, 0.2) is 18.2 Å². The summed E-state index contributed by atoms with van der Waals surface area (Å²) in [5.41, 5.74) is 8.11. The molecule has 0 spiro atoms. The highest BCUT2D eigenvalue weighted by Crippen LogP contribution is 2.24. The van der Waals surface area contributed by atoms with Crippen LogP contribution in [0.2, 0.25) is 0 Å². The van der Waals surface area contributed by atoms with E-state index < -0.39 is 0 Å². The Labute approximate surface area is 111 Å². The third kappa shape index (κ3) is 4.31. The summed E-state index contributed by atoms with van der Waals surface area (Å²) in [6, 6.07) is 6.46. The summed E-state index contributed by atoms with van der Waals surface area (Å²) in [5, 5.41) is 3.42. The molecule has 0 aliphatic rings. The lowest BCUT2D eigenvalue weighted by Crippen LogP contribution is -2.25. The molecule has 102 valence electrons. The smallest absolute Gasteiger partial charge is 0.123 e. The Morgan fingerprint density at radius 1 is 1.28 bits per heavy atom. The van der Waals surface area contributed by atoms with E-state index in [1.54, 1.807) is 7.11 Å². The first kappa shape index (κ1) is 15.0. The maximum absolute atomic E-state index is 5.60. The molecule has 1 unspecified atom stereocenters. The normalized spacial score (nSPS) is 12.8. The molecule has 0 aliphatic heterocycles. The maximum Gasteiger partial charge on any atom is 0.123 e. The lowest BCUT2D eigenvalue weighted by Gasteiger charge is -2.14. The van der Waals surface area contributed by atoms with Crippen LogP contribution >= 0.6 is 0 Å². The highest BCUT2D eigenvalue weighted by Gasteiger charge is 2.07. The van der Waals surface area contributed by atoms with Gasteiger partial charge in [0.2, 0.25) is 0 Å². The Balaban J connectivity index is 2.65. The summed E-state index contributed by atoms with van der Waals surface area (Å²) in [7, 11) is 1.73. The van der Waals surface area contributed by atoms with Crippen molar-refractivity contribution in [1.29, 1.82) is 0 Å². The lowest BCUT2D eigenvalue weighted by molar-refractivity contribution is 0.405. The van der Waals surface area contributed by atoms with Gasteiger partial charge in [-0.3, -0.25) is 0 Å². The van der Waals surface area contributed by atoms with Crippen molar-refractivity contribution >= 4 is 0 Å². The number of ether oxygens (including phenoxy) is 1. The average molecular weight is 250 g/mol. The van der Waals surface area contributed by atoms with E-state index in [2.05, 4.69) is 44.3 Å². The molecule has 0 radical (unpaired) electrons. The van der Waals surface area contributed by atoms with Gasteiger partial charge in [-0.25, -0.2) is 0 Å². The second-order valence-electron chi connectivity index (χ2n) is 5.20. The van der Waals surface area contributed by atoms with E-state index in [-0.39, 0.29) is 0 Å². The van der Waals surface area contributed by atoms with E-state index in [9.17, 15) is 0 Å². The Morgan fingerprint density at radius 2 is 2.00 bits per heavy atom. The zero-order valence-electron chi connectivity index (χ0n) is 12.0. The SMILES string of the molecule is COc1cc(C(C)C)ccc1CNCC(C)CN. The van der Waals surface area contributed by atoms with E-state index in [1.165, 1.54) is 11.1 Å². The molecule has 1 rings (SSSR count). The van der Waals surface area contributed by atoms with E-state index in [0.29, 0.717) is 11.8 Å². The van der Waals surface area contributed by atoms with Gasteiger partial charge in [0, 0.05) is 12.1 Å². The summed E-state index contributed by atoms with van der Waals surface area (Å²) in [6.07, 6.45) is 0. The molecular weight excluding hydrogens is 224 g/mol. The number of nitrogens with two attached hydrogens (primary N) is 1. The van der Waals surface area contributed by atoms with E-state index in [1.807, 2.05) is 0 Å². The molecule has 1 aromatic rings. The van der Waals surface area contributed by atoms with Gasteiger partial charge in [-0.2, -0.15) is 0 Å². The van der Waals surface area contributed by atoms with Crippen LogP contribution in [0.3, 0.4) is 0 Å². The van der Waals surface area contributed by atoms with Crippen LogP contribution in [0.5, 0.6) is 5.75 Å². The van der Waals surface area contributed by atoms with Gasteiger partial charge in [-0.1, -0.05) is 32.9 Å². The third-order valence-electron chi connectivity index (χ3n) is 3.19. The fourth-order valence-corrected chi connectivity index (χ4v) is 1.80. The number of rotatable bonds is 7. The van der Waals surface area contributed by atoms with Crippen molar-refractivity contribution in [2.24, 2.45) is 11.7 Å². The average Bonchev–Trinajstić information content (AvgIpc) is 2.38. The molecular formula is C15H26N2O. The minimum Gasteiger partial charge on any atom is -0.496 e. The first-order valence-electron chi connectivity index (χ1n) is 6.66. The molecule has 0 bridgehead atoms. The van der Waals surface area contributed by atoms with Crippen molar-refractivity contribution in [3.8, 4) is 5.75 Å². The largest absolute Gasteiger partial charge is 0.496 e. The molecule has 0 aliphatic carbocycles. The standard InChI is InChI=1S/C15H26N2O/c1-11(2)13-5-6-14(15(7-13)18-4)10-17-9-12(3)8-16/h5-7,11-12,17H,8-10,16H2,1-4H3. The Kier molecular flexibility index (Phi) is 6.16. The monoisotopic (exact) mass is 250 g/mol. The topological polar surface area (TPSA) is 47.3 Å². The van der Waals surface area contributed by atoms with Gasteiger partial charge in [0.1, 0.15) is 5.75 Å². The summed E-state index contributed by atoms with van der Waals surface area (Å²) < 4.78 is 5.46. The van der Waals surface area contributed by atoms with Crippen LogP contribution in [0.1, 0.15) is 37.8 Å². The fourth-order valence-electron chi connectivity index (χ4n) is 1.80. The molecule has 3 nitrogen and oxygen atoms in total. The van der Waals surface area contributed by atoms with Crippen molar-refractivity contribution in [3.63, 3.8) is 0 Å². The quantitative estimate of drug-likeness (QED) is 0.781. The summed E-state index contributed by atoms with van der Waals surface area (Å²) in [4.78, 5) is 0. The highest BCUT2D eigenvalue weighted by molar-refractivity contribution is 5.38. The predicted molar refractivity (Wildman–Crippen MR) is 77.0 cm³/mol. The number of methoxy groups -OCH3 is 1. The molecule has 3 heteroatoms. The molecule has 0 aromatic heterocycles. The third-order valence-corrected chi connectivity index (χ3v) is 3.19. The van der Waals surface area contributed by atoms with E-state index >= 15 is 0 Å². The van der Waals surface area contributed by atoms with Gasteiger partial charge in [0.25, 0.3) is 0 Å². The number of nitrogens with one attached hydrogen (secondary N) is 1. The van der Waals surface area contributed by atoms with Gasteiger partial charge in [0.05, 0.1) is 7.11 Å². The van der Waals surface area contributed by atoms with Gasteiger partial charge in [-0.05, 0) is 36.6 Å². The molecule has 0 amide bonds. The van der Waals surface area contributed by atoms with Crippen LogP contribution in [0, 0.1) is 5.92 Å². The molecule has 1 aromatic carbocycles. The lowest BCUT2D eigenvalue weighted by atomic mass is 10.0. The van der Waals surface area contributed by atoms with Gasteiger partial charge in [0.15, 0.2) is 0 Å². The zero-order valence-corrected chi connectivity index (χ0v) is 12.0. The van der Waals surface area contributed by atoms with Crippen molar-refractivity contribution in [3.05, 3.63) is 29.3 Å². The van der Waals surface area contributed by atoms with Gasteiger partial charge < -0.3 is 15.8 Å². The number of hydrogen-bond donors (Lipinski definition) is 2. The number of hydrogen-bond acceptors (Lipinski definition) is 3. The summed E-state index contributed by atoms with van der Waals surface area (Å²) in [5.74, 6) is 2.00. The van der Waals surface area contributed by atoms with Gasteiger partial charge >= 0.3 is 0 Å². The molecule has 18 heavy (non-hydrogen) atoms. The van der Waals surface area contributed by atoms with Crippen LogP contribution in [-0.2, 0) is 6.54 Å². The molecule has 0 saturated heterocycles. The van der Waals surface area contributed by atoms with Crippen LogP contribution in [0.4, 0.5) is 0 Å². The summed E-state index contributed by atoms with van der Waals surface area (Å²) >= 11 is 0. The maximum atomic E-state index is 5.60. The van der Waals surface area contributed by atoms with Crippen molar-refractivity contribution in [2.45, 2.75) is 33.2 Å². The predicted octanol–water partition coefficient (Wildman–Crippen LogP) is 2.50. The minimum absolute atomic E-state index is 0.505. The Hall–Kier alpha value is -1.06. The Bertz CT molecular complexity index is 364. The second kappa shape index (κ2) is 7.39. The van der Waals surface area contributed by atoms with Crippen LogP contribution in [0.25, 0.3) is 0 Å². The number of benzene rings is 1. The molecule has 0 heterocycles. The van der Waals surface area contributed by atoms with E-state index in [4.69, 9.17) is 10.5 Å². The Morgan fingerprint density at radius 3 is 2.56 bits per heavy atom. The first-order chi connectivity index (χ1) is 8.58. The molecule has 3 N–H and O–H groups in total. The van der Waals surface area contributed by atoms with Crippen LogP contribution < -0.4 is 15.8 Å². The van der Waals surface area contributed by atoms with Crippen LogP contribution in [-0.4, -0.2) is 20.2 Å². The van der Waals surface area contributed by atoms with Crippen molar-refractivity contribution in [1.82, 2.24) is 5.32 Å². The van der Waals surface area contributed by atoms with Crippen molar-refractivity contribution in [2.75, 3.05) is 20.2 Å². The first-order valence-corrected chi connectivity index (χ1v) is 6.66. The van der Waals surface area contributed by atoms with Gasteiger partial charge in [-0.15, -0.1) is 0 Å². The fraction of sp³-hybridized carbons (Fsp3) is 0.600. The van der Waals surface area contributed by atoms with Crippen molar-refractivity contribution < 1.29 is 4.74 Å². The minimum atomic E-state index is 0.505. The molecule has 0 fully saturated rings.